The number of para-hydroxylation sites is 2. The van der Waals surface area contributed by atoms with E-state index in [1.807, 2.05) is 0 Å². The molecule has 3 heterocycles. The van der Waals surface area contributed by atoms with Crippen LogP contribution < -0.4 is 15.7 Å². The van der Waals surface area contributed by atoms with Gasteiger partial charge in [0.05, 0.1) is 11.9 Å². The number of aliphatic hydroxyl groups excluding tert-OH is 1. The number of aromatic nitrogens is 2. The van der Waals surface area contributed by atoms with Crippen LogP contribution in [0.3, 0.4) is 0 Å². The Morgan fingerprint density at radius 2 is 2.12 bits per heavy atom. The first-order valence-electron chi connectivity index (χ1n) is 7.18. The van der Waals surface area contributed by atoms with Crippen LogP contribution in [0.4, 0.5) is 15.9 Å². The third-order valence-corrected chi connectivity index (χ3v) is 3.92. The third-order valence-electron chi connectivity index (χ3n) is 3.92. The summed E-state index contributed by atoms with van der Waals surface area (Å²) in [6.45, 7) is 0. The monoisotopic (exact) mass is 333 g/mol. The Balaban J connectivity index is 1.73. The number of benzene rings is 1. The van der Waals surface area contributed by atoms with Crippen molar-refractivity contribution in [2.24, 2.45) is 0 Å². The van der Waals surface area contributed by atoms with E-state index in [1.165, 1.54) is 6.20 Å². The Morgan fingerprint density at radius 1 is 1.33 bits per heavy atom. The molecule has 2 N–H and O–H groups in total. The number of fused-ring (bicyclic) bond motifs is 2. The van der Waals surface area contributed by atoms with Crippen LogP contribution in [-0.4, -0.2) is 39.3 Å². The minimum absolute atomic E-state index is 0.191. The van der Waals surface area contributed by atoms with Gasteiger partial charge < -0.3 is 24.7 Å². The topological polar surface area (TPSA) is 103 Å². The van der Waals surface area contributed by atoms with Crippen molar-refractivity contribution in [2.75, 3.05) is 5.32 Å². The van der Waals surface area contributed by atoms with Crippen LogP contribution >= 0.6 is 0 Å². The number of aliphatic hydroxyl groups is 1. The summed E-state index contributed by atoms with van der Waals surface area (Å²) < 4.78 is 25.8. The SMILES string of the molecule is O=CC1OC(n2cc3c(nc2=O)Nc2ccccc2O3)C(F)C1O. The molecule has 2 aliphatic rings. The molecule has 8 nitrogen and oxygen atoms in total. The second kappa shape index (κ2) is 5.39. The largest absolute Gasteiger partial charge is 0.450 e. The van der Waals surface area contributed by atoms with Gasteiger partial charge in [0, 0.05) is 0 Å². The van der Waals surface area contributed by atoms with Gasteiger partial charge in [0.1, 0.15) is 12.2 Å². The quantitative estimate of drug-likeness (QED) is 0.671. The van der Waals surface area contributed by atoms with Crippen molar-refractivity contribution in [3.8, 4) is 11.5 Å². The van der Waals surface area contributed by atoms with E-state index in [0.717, 1.165) is 4.57 Å². The van der Waals surface area contributed by atoms with Crippen LogP contribution in [0.1, 0.15) is 6.23 Å². The summed E-state index contributed by atoms with van der Waals surface area (Å²) >= 11 is 0. The Kier molecular flexibility index (Phi) is 3.32. The minimum Gasteiger partial charge on any atom is -0.450 e. The molecule has 2 aliphatic heterocycles. The highest BCUT2D eigenvalue weighted by atomic mass is 19.1. The van der Waals surface area contributed by atoms with Crippen LogP contribution in [0.15, 0.2) is 35.3 Å². The lowest BCUT2D eigenvalue weighted by Crippen LogP contribution is -2.33. The summed E-state index contributed by atoms with van der Waals surface area (Å²) in [6, 6.07) is 7.05. The number of aldehydes is 1. The van der Waals surface area contributed by atoms with Crippen LogP contribution in [0.5, 0.6) is 11.5 Å². The lowest BCUT2D eigenvalue weighted by Gasteiger charge is -2.23. The average Bonchev–Trinajstić information content (AvgIpc) is 2.87. The number of nitrogens with one attached hydrogen (secondary N) is 1. The second-order valence-electron chi connectivity index (χ2n) is 5.43. The fourth-order valence-electron chi connectivity index (χ4n) is 2.70. The molecule has 0 aliphatic carbocycles. The van der Waals surface area contributed by atoms with Crippen molar-refractivity contribution in [1.82, 2.24) is 9.55 Å². The van der Waals surface area contributed by atoms with Gasteiger partial charge in [-0.3, -0.25) is 4.57 Å². The molecule has 124 valence electrons. The molecule has 1 fully saturated rings. The zero-order valence-corrected chi connectivity index (χ0v) is 12.1. The number of nitrogens with zero attached hydrogens (tertiary/aromatic N) is 2. The van der Waals surface area contributed by atoms with Gasteiger partial charge in [0.25, 0.3) is 0 Å². The summed E-state index contributed by atoms with van der Waals surface area (Å²) in [4.78, 5) is 26.8. The molecule has 1 saturated heterocycles. The highest BCUT2D eigenvalue weighted by molar-refractivity contribution is 5.72. The van der Waals surface area contributed by atoms with Crippen molar-refractivity contribution in [1.29, 1.82) is 0 Å². The number of carbonyl (C=O) groups is 1. The Bertz CT molecular complexity index is 870. The maximum absolute atomic E-state index is 14.2. The van der Waals surface area contributed by atoms with Gasteiger partial charge in [-0.2, -0.15) is 4.98 Å². The van der Waals surface area contributed by atoms with E-state index >= 15 is 0 Å². The van der Waals surface area contributed by atoms with Crippen LogP contribution in [0.25, 0.3) is 0 Å². The molecule has 4 atom stereocenters. The van der Waals surface area contributed by atoms with E-state index in [9.17, 15) is 19.1 Å². The molecule has 0 radical (unpaired) electrons. The molecule has 0 amide bonds. The van der Waals surface area contributed by atoms with Gasteiger partial charge in [-0.1, -0.05) is 12.1 Å². The van der Waals surface area contributed by atoms with Gasteiger partial charge in [-0.25, -0.2) is 9.18 Å². The van der Waals surface area contributed by atoms with E-state index in [0.29, 0.717) is 17.7 Å². The number of carbonyl (C=O) groups excluding carboxylic acids is 1. The van der Waals surface area contributed by atoms with Crippen LogP contribution in [-0.2, 0) is 9.53 Å². The van der Waals surface area contributed by atoms with E-state index in [-0.39, 0.29) is 11.6 Å². The minimum atomic E-state index is -1.94. The summed E-state index contributed by atoms with van der Waals surface area (Å²) in [7, 11) is 0. The van der Waals surface area contributed by atoms with E-state index < -0.39 is 30.3 Å². The molecule has 9 heteroatoms. The van der Waals surface area contributed by atoms with Gasteiger partial charge in [-0.05, 0) is 12.1 Å². The molecular weight excluding hydrogens is 321 g/mol. The fourth-order valence-corrected chi connectivity index (χ4v) is 2.70. The van der Waals surface area contributed by atoms with Gasteiger partial charge in [-0.15, -0.1) is 0 Å². The number of halogens is 1. The van der Waals surface area contributed by atoms with Crippen LogP contribution in [0, 0.1) is 0 Å². The molecule has 2 aromatic rings. The number of hydrogen-bond acceptors (Lipinski definition) is 7. The maximum Gasteiger partial charge on any atom is 0.352 e. The van der Waals surface area contributed by atoms with E-state index in [4.69, 9.17) is 9.47 Å². The van der Waals surface area contributed by atoms with Gasteiger partial charge >= 0.3 is 5.69 Å². The molecule has 0 saturated carbocycles. The summed E-state index contributed by atoms with van der Waals surface area (Å²) in [6.07, 6.45) is -4.85. The lowest BCUT2D eigenvalue weighted by atomic mass is 10.1. The number of rotatable bonds is 2. The van der Waals surface area contributed by atoms with Crippen LogP contribution in [0.2, 0.25) is 0 Å². The molecule has 0 spiro atoms. The third kappa shape index (κ3) is 2.17. The Labute approximate surface area is 134 Å². The predicted molar refractivity (Wildman–Crippen MR) is 79.2 cm³/mol. The van der Waals surface area contributed by atoms with Crippen molar-refractivity contribution in [3.63, 3.8) is 0 Å². The lowest BCUT2D eigenvalue weighted by molar-refractivity contribution is -0.122. The van der Waals surface area contributed by atoms with Crippen molar-refractivity contribution >= 4 is 17.8 Å². The molecule has 1 aromatic heterocycles. The summed E-state index contributed by atoms with van der Waals surface area (Å²) in [5.74, 6) is 0.913. The van der Waals surface area contributed by atoms with E-state index in [1.54, 1.807) is 24.3 Å². The molecule has 0 bridgehead atoms. The molecule has 24 heavy (non-hydrogen) atoms. The standard InChI is InChI=1S/C15H12FN3O5/c16-11-12(21)10(6-20)24-14(11)19-5-9-13(18-15(19)22)17-7-3-1-2-4-8(7)23-9/h1-6,10-12,14,21H,(H,17,18,22). The predicted octanol–water partition coefficient (Wildman–Crippen LogP) is 0.888. The first-order chi connectivity index (χ1) is 11.6. The smallest absolute Gasteiger partial charge is 0.352 e. The maximum atomic E-state index is 14.2. The summed E-state index contributed by atoms with van der Waals surface area (Å²) in [5.41, 5.74) is -0.151. The van der Waals surface area contributed by atoms with Crippen molar-refractivity contribution in [3.05, 3.63) is 40.9 Å². The molecule has 4 rings (SSSR count). The molecule has 1 aromatic carbocycles. The molecule has 4 unspecified atom stereocenters. The number of anilines is 2. The fraction of sp³-hybridized carbons (Fsp3) is 0.267. The highest BCUT2D eigenvalue weighted by Crippen LogP contribution is 2.40. The normalized spacial score (nSPS) is 27.6. The second-order valence-corrected chi connectivity index (χ2v) is 5.43. The number of hydrogen-bond donors (Lipinski definition) is 2. The van der Waals surface area contributed by atoms with Crippen molar-refractivity contribution < 1.29 is 23.8 Å². The zero-order valence-electron chi connectivity index (χ0n) is 12.1. The highest BCUT2D eigenvalue weighted by Gasteiger charge is 2.46. The number of ether oxygens (including phenoxy) is 2. The first-order valence-corrected chi connectivity index (χ1v) is 7.18. The van der Waals surface area contributed by atoms with E-state index in [2.05, 4.69) is 10.3 Å². The Hall–Kier alpha value is -2.78. The average molecular weight is 333 g/mol. The number of alkyl halides is 1. The van der Waals surface area contributed by atoms with Crippen molar-refractivity contribution in [2.45, 2.75) is 24.6 Å². The zero-order chi connectivity index (χ0) is 16.8. The first kappa shape index (κ1) is 14.8. The molecular formula is C15H12FN3O5. The van der Waals surface area contributed by atoms with Gasteiger partial charge in [0.2, 0.25) is 0 Å². The Morgan fingerprint density at radius 3 is 2.88 bits per heavy atom. The summed E-state index contributed by atoms with van der Waals surface area (Å²) in [5, 5.41) is 12.6. The van der Waals surface area contributed by atoms with Gasteiger partial charge in [0.15, 0.2) is 36.0 Å².